The molecule has 0 unspecified atom stereocenters. The minimum absolute atomic E-state index is 0.0672. The van der Waals surface area contributed by atoms with Crippen LogP contribution in [0.3, 0.4) is 0 Å². The van der Waals surface area contributed by atoms with Crippen molar-refractivity contribution in [2.45, 2.75) is 6.92 Å². The number of carbonyl (C=O) groups is 1. The molecule has 0 aliphatic heterocycles. The molecule has 1 amide bonds. The molecular formula is C13H9BrFN3O3. The van der Waals surface area contributed by atoms with Gasteiger partial charge in [0.05, 0.1) is 10.6 Å². The van der Waals surface area contributed by atoms with Crippen LogP contribution in [0.1, 0.15) is 15.9 Å². The third kappa shape index (κ3) is 3.40. The number of nitro benzene ring substituents is 1. The Balaban J connectivity index is 2.33. The summed E-state index contributed by atoms with van der Waals surface area (Å²) in [7, 11) is 0. The quantitative estimate of drug-likeness (QED) is 0.520. The molecule has 108 valence electrons. The summed E-state index contributed by atoms with van der Waals surface area (Å²) in [5.74, 6) is -1.37. The van der Waals surface area contributed by atoms with E-state index in [9.17, 15) is 19.3 Å². The van der Waals surface area contributed by atoms with Gasteiger partial charge in [0.1, 0.15) is 0 Å². The largest absolute Gasteiger partial charge is 0.321 e. The van der Waals surface area contributed by atoms with Gasteiger partial charge in [-0.2, -0.15) is 4.39 Å². The van der Waals surface area contributed by atoms with E-state index in [0.29, 0.717) is 10.0 Å². The molecule has 0 bridgehead atoms. The van der Waals surface area contributed by atoms with Crippen molar-refractivity contribution in [2.24, 2.45) is 0 Å². The second-order valence-corrected chi connectivity index (χ2v) is 5.05. The lowest BCUT2D eigenvalue weighted by Gasteiger charge is -2.08. The summed E-state index contributed by atoms with van der Waals surface area (Å²) in [6, 6.07) is 5.09. The number of anilines is 1. The van der Waals surface area contributed by atoms with Gasteiger partial charge in [-0.3, -0.25) is 14.9 Å². The van der Waals surface area contributed by atoms with E-state index in [1.54, 1.807) is 6.92 Å². The lowest BCUT2D eigenvalue weighted by atomic mass is 10.1. The van der Waals surface area contributed by atoms with E-state index < -0.39 is 16.8 Å². The summed E-state index contributed by atoms with van der Waals surface area (Å²) in [6.07, 6.45) is 1.16. The smallest absolute Gasteiger partial charge is 0.274 e. The van der Waals surface area contributed by atoms with Gasteiger partial charge in [-0.1, -0.05) is 0 Å². The Hall–Kier alpha value is -2.35. The first kappa shape index (κ1) is 15.0. The molecule has 1 N–H and O–H groups in total. The lowest BCUT2D eigenvalue weighted by molar-refractivity contribution is -0.385. The Bertz CT molecular complexity index is 737. The Morgan fingerprint density at radius 3 is 2.76 bits per heavy atom. The number of nitrogens with zero attached hydrogens (tertiary/aromatic N) is 2. The molecule has 1 heterocycles. The van der Waals surface area contributed by atoms with Crippen LogP contribution in [0.4, 0.5) is 15.8 Å². The number of aryl methyl sites for hydroxylation is 1. The standard InChI is InChI=1S/C13H9BrFN3O3/c1-7-4-9(14)10(6-11(7)18(20)21)17-13(19)8-2-3-16-12(15)5-8/h2-6H,1H3,(H,17,19). The van der Waals surface area contributed by atoms with E-state index in [1.165, 1.54) is 18.2 Å². The van der Waals surface area contributed by atoms with Crippen LogP contribution in [-0.4, -0.2) is 15.8 Å². The number of nitro groups is 1. The van der Waals surface area contributed by atoms with Crippen LogP contribution in [0.25, 0.3) is 0 Å². The molecule has 0 saturated heterocycles. The first-order valence-electron chi connectivity index (χ1n) is 5.76. The third-order valence-electron chi connectivity index (χ3n) is 2.72. The van der Waals surface area contributed by atoms with E-state index in [-0.39, 0.29) is 16.9 Å². The van der Waals surface area contributed by atoms with Crippen molar-refractivity contribution in [3.63, 3.8) is 0 Å². The lowest BCUT2D eigenvalue weighted by Crippen LogP contribution is -2.13. The van der Waals surface area contributed by atoms with E-state index >= 15 is 0 Å². The Morgan fingerprint density at radius 1 is 1.43 bits per heavy atom. The number of amides is 1. The summed E-state index contributed by atoms with van der Waals surface area (Å²) in [4.78, 5) is 25.7. The summed E-state index contributed by atoms with van der Waals surface area (Å²) >= 11 is 3.22. The van der Waals surface area contributed by atoms with Crippen molar-refractivity contribution >= 4 is 33.2 Å². The predicted molar refractivity (Wildman–Crippen MR) is 77.7 cm³/mol. The van der Waals surface area contributed by atoms with E-state index in [0.717, 1.165) is 12.3 Å². The van der Waals surface area contributed by atoms with Crippen molar-refractivity contribution in [1.82, 2.24) is 4.98 Å². The van der Waals surface area contributed by atoms with E-state index in [1.807, 2.05) is 0 Å². The molecule has 1 aromatic carbocycles. The van der Waals surface area contributed by atoms with Crippen LogP contribution in [-0.2, 0) is 0 Å². The van der Waals surface area contributed by atoms with E-state index in [4.69, 9.17) is 0 Å². The maximum Gasteiger partial charge on any atom is 0.274 e. The highest BCUT2D eigenvalue weighted by Gasteiger charge is 2.16. The van der Waals surface area contributed by atoms with Crippen LogP contribution in [0.15, 0.2) is 34.9 Å². The van der Waals surface area contributed by atoms with Gasteiger partial charge in [0.25, 0.3) is 11.6 Å². The van der Waals surface area contributed by atoms with Crippen molar-refractivity contribution in [3.8, 4) is 0 Å². The molecule has 0 fully saturated rings. The molecule has 0 spiro atoms. The number of nitrogens with one attached hydrogen (secondary N) is 1. The second-order valence-electron chi connectivity index (χ2n) is 4.20. The highest BCUT2D eigenvalue weighted by Crippen LogP contribution is 2.30. The summed E-state index contributed by atoms with van der Waals surface area (Å²) < 4.78 is 13.5. The Labute approximate surface area is 127 Å². The van der Waals surface area contributed by atoms with Gasteiger partial charge in [0.15, 0.2) is 0 Å². The number of benzene rings is 1. The summed E-state index contributed by atoms with van der Waals surface area (Å²) in [5.41, 5.74) is 0.640. The van der Waals surface area contributed by atoms with Gasteiger partial charge >= 0.3 is 0 Å². The molecule has 1 aromatic heterocycles. The number of carbonyl (C=O) groups excluding carboxylic acids is 1. The molecule has 0 saturated carbocycles. The zero-order valence-electron chi connectivity index (χ0n) is 10.8. The molecule has 8 heteroatoms. The molecule has 0 radical (unpaired) electrons. The van der Waals surface area contributed by atoms with Crippen molar-refractivity contribution in [3.05, 3.63) is 62.1 Å². The van der Waals surface area contributed by atoms with Gasteiger partial charge in [-0.15, -0.1) is 0 Å². The van der Waals surface area contributed by atoms with Gasteiger partial charge in [0.2, 0.25) is 5.95 Å². The second kappa shape index (κ2) is 5.96. The Kier molecular flexibility index (Phi) is 4.27. The van der Waals surface area contributed by atoms with Crippen LogP contribution in [0.5, 0.6) is 0 Å². The third-order valence-corrected chi connectivity index (χ3v) is 3.38. The molecule has 2 rings (SSSR count). The molecular weight excluding hydrogens is 345 g/mol. The average Bonchev–Trinajstić information content (AvgIpc) is 2.41. The molecule has 2 aromatic rings. The minimum atomic E-state index is -0.781. The highest BCUT2D eigenvalue weighted by atomic mass is 79.9. The minimum Gasteiger partial charge on any atom is -0.321 e. The van der Waals surface area contributed by atoms with Crippen molar-refractivity contribution in [1.29, 1.82) is 0 Å². The molecule has 0 atom stereocenters. The molecule has 0 aliphatic rings. The van der Waals surface area contributed by atoms with Gasteiger partial charge in [0, 0.05) is 33.9 Å². The fourth-order valence-electron chi connectivity index (χ4n) is 1.69. The monoisotopic (exact) mass is 353 g/mol. The number of pyridine rings is 1. The first-order valence-corrected chi connectivity index (χ1v) is 6.55. The average molecular weight is 354 g/mol. The summed E-state index contributed by atoms with van der Waals surface area (Å²) in [5, 5.41) is 13.4. The fraction of sp³-hybridized carbons (Fsp3) is 0.0769. The van der Waals surface area contributed by atoms with Crippen LogP contribution < -0.4 is 5.32 Å². The van der Waals surface area contributed by atoms with E-state index in [2.05, 4.69) is 26.2 Å². The highest BCUT2D eigenvalue weighted by molar-refractivity contribution is 9.10. The van der Waals surface area contributed by atoms with Gasteiger partial charge < -0.3 is 5.32 Å². The Morgan fingerprint density at radius 2 is 2.14 bits per heavy atom. The topological polar surface area (TPSA) is 85.1 Å². The number of halogens is 2. The molecule has 6 nitrogen and oxygen atoms in total. The fourth-order valence-corrected chi connectivity index (χ4v) is 2.25. The molecule has 21 heavy (non-hydrogen) atoms. The SMILES string of the molecule is Cc1cc(Br)c(NC(=O)c2ccnc(F)c2)cc1[N+](=O)[O-]. The van der Waals surface area contributed by atoms with Crippen molar-refractivity contribution in [2.75, 3.05) is 5.32 Å². The number of hydrogen-bond donors (Lipinski definition) is 1. The molecule has 0 aliphatic carbocycles. The van der Waals surface area contributed by atoms with Crippen molar-refractivity contribution < 1.29 is 14.1 Å². The van der Waals surface area contributed by atoms with Gasteiger partial charge in [-0.25, -0.2) is 4.98 Å². The number of aromatic nitrogens is 1. The normalized spacial score (nSPS) is 10.2. The van der Waals surface area contributed by atoms with Crippen LogP contribution >= 0.6 is 15.9 Å². The number of rotatable bonds is 3. The summed E-state index contributed by atoms with van der Waals surface area (Å²) in [6.45, 7) is 1.59. The zero-order valence-corrected chi connectivity index (χ0v) is 12.3. The maximum atomic E-state index is 13.0. The first-order chi connectivity index (χ1) is 9.88. The maximum absolute atomic E-state index is 13.0. The predicted octanol–water partition coefficient (Wildman–Crippen LogP) is 3.45. The number of hydrogen-bond acceptors (Lipinski definition) is 4. The van der Waals surface area contributed by atoms with Crippen LogP contribution in [0, 0.1) is 23.0 Å². The zero-order chi connectivity index (χ0) is 15.6. The van der Waals surface area contributed by atoms with Crippen LogP contribution in [0.2, 0.25) is 0 Å². The van der Waals surface area contributed by atoms with Gasteiger partial charge in [-0.05, 0) is 35.0 Å².